The van der Waals surface area contributed by atoms with Gasteiger partial charge < -0.3 is 5.11 Å². The number of nitrogens with zero attached hydrogens (tertiary/aromatic N) is 2. The van der Waals surface area contributed by atoms with Crippen LogP contribution < -0.4 is 0 Å². The molecule has 0 aromatic heterocycles. The van der Waals surface area contributed by atoms with E-state index in [0.717, 1.165) is 25.7 Å². The summed E-state index contributed by atoms with van der Waals surface area (Å²) in [5.41, 5.74) is 0. The Morgan fingerprint density at radius 2 is 1.80 bits per heavy atom. The third-order valence-corrected chi connectivity index (χ3v) is 6.52. The van der Waals surface area contributed by atoms with Gasteiger partial charge in [0.2, 0.25) is 0 Å². The highest BCUT2D eigenvalue weighted by molar-refractivity contribution is 7.86. The van der Waals surface area contributed by atoms with Gasteiger partial charge in [-0.15, -0.1) is 0 Å². The molecule has 2 rings (SSSR count). The van der Waals surface area contributed by atoms with Gasteiger partial charge in [-0.1, -0.05) is 19.3 Å². The lowest BCUT2D eigenvalue weighted by Crippen LogP contribution is -2.51. The Morgan fingerprint density at radius 1 is 1.15 bits per heavy atom. The molecule has 1 saturated heterocycles. The Balaban J connectivity index is 2.06. The van der Waals surface area contributed by atoms with Crippen molar-refractivity contribution in [1.82, 2.24) is 8.61 Å². The second kappa shape index (κ2) is 6.41. The van der Waals surface area contributed by atoms with Gasteiger partial charge in [0.25, 0.3) is 10.2 Å². The van der Waals surface area contributed by atoms with Crippen LogP contribution >= 0.6 is 0 Å². The number of carbonyl (C=O) groups is 1. The van der Waals surface area contributed by atoms with Gasteiger partial charge in [0.05, 0.1) is 5.92 Å². The van der Waals surface area contributed by atoms with Gasteiger partial charge in [-0.3, -0.25) is 4.79 Å². The molecule has 1 N–H and O–H groups in total. The molecule has 6 nitrogen and oxygen atoms in total. The predicted molar refractivity (Wildman–Crippen MR) is 75.5 cm³/mol. The molecule has 0 aromatic carbocycles. The first kappa shape index (κ1) is 15.7. The molecule has 1 saturated carbocycles. The van der Waals surface area contributed by atoms with E-state index < -0.39 is 22.1 Å². The van der Waals surface area contributed by atoms with E-state index in [4.69, 9.17) is 5.11 Å². The van der Waals surface area contributed by atoms with E-state index in [9.17, 15) is 13.2 Å². The summed E-state index contributed by atoms with van der Waals surface area (Å²) in [6.45, 7) is 0.540. The minimum absolute atomic E-state index is 0.0685. The van der Waals surface area contributed by atoms with Crippen molar-refractivity contribution >= 4 is 16.2 Å². The molecule has 1 atom stereocenters. The zero-order chi connectivity index (χ0) is 14.8. The Morgan fingerprint density at radius 3 is 2.40 bits per heavy atom. The van der Waals surface area contributed by atoms with Gasteiger partial charge in [-0.05, 0) is 25.7 Å². The SMILES string of the molecule is CN(C1CCCCC1)S(=O)(=O)N1CCCC(C(=O)O)C1. The third kappa shape index (κ3) is 3.32. The highest BCUT2D eigenvalue weighted by atomic mass is 32.2. The second-order valence-electron chi connectivity index (χ2n) is 5.85. The first-order chi connectivity index (χ1) is 9.43. The highest BCUT2D eigenvalue weighted by Crippen LogP contribution is 2.27. The number of carboxylic acid groups (broad SMARTS) is 1. The minimum atomic E-state index is -3.52. The van der Waals surface area contributed by atoms with Crippen LogP contribution in [-0.4, -0.2) is 54.3 Å². The average molecular weight is 304 g/mol. The summed E-state index contributed by atoms with van der Waals surface area (Å²) < 4.78 is 28.0. The molecule has 1 unspecified atom stereocenters. The molecular formula is C13H24N2O4S. The molecule has 20 heavy (non-hydrogen) atoms. The molecule has 2 fully saturated rings. The summed E-state index contributed by atoms with van der Waals surface area (Å²) in [6, 6.07) is 0.0685. The first-order valence-corrected chi connectivity index (χ1v) is 8.78. The molecular weight excluding hydrogens is 280 g/mol. The molecule has 2 aliphatic rings. The number of piperidine rings is 1. The monoisotopic (exact) mass is 304 g/mol. The summed E-state index contributed by atoms with van der Waals surface area (Å²) in [6.07, 6.45) is 6.32. The molecule has 0 amide bonds. The van der Waals surface area contributed by atoms with Crippen molar-refractivity contribution in [2.24, 2.45) is 5.92 Å². The maximum Gasteiger partial charge on any atom is 0.307 e. The molecule has 7 heteroatoms. The Hall–Kier alpha value is -0.660. The molecule has 116 valence electrons. The maximum atomic E-state index is 12.6. The fraction of sp³-hybridized carbons (Fsp3) is 0.923. The Kier molecular flexibility index (Phi) is 5.04. The van der Waals surface area contributed by atoms with E-state index in [1.165, 1.54) is 15.0 Å². The van der Waals surface area contributed by atoms with Crippen LogP contribution in [0.25, 0.3) is 0 Å². The average Bonchev–Trinajstić information content (AvgIpc) is 2.47. The van der Waals surface area contributed by atoms with Crippen LogP contribution in [0.2, 0.25) is 0 Å². The van der Waals surface area contributed by atoms with Crippen molar-refractivity contribution in [3.05, 3.63) is 0 Å². The smallest absolute Gasteiger partial charge is 0.307 e. The van der Waals surface area contributed by atoms with Crippen LogP contribution in [0.1, 0.15) is 44.9 Å². The lowest BCUT2D eigenvalue weighted by molar-refractivity contribution is -0.142. The number of aliphatic carboxylic acids is 1. The Bertz CT molecular complexity index is 445. The normalized spacial score (nSPS) is 26.8. The molecule has 1 heterocycles. The summed E-state index contributed by atoms with van der Waals surface area (Å²) in [5, 5.41) is 9.07. The fourth-order valence-electron chi connectivity index (χ4n) is 3.17. The van der Waals surface area contributed by atoms with Crippen molar-refractivity contribution in [1.29, 1.82) is 0 Å². The first-order valence-electron chi connectivity index (χ1n) is 7.39. The van der Waals surface area contributed by atoms with Gasteiger partial charge in [0.15, 0.2) is 0 Å². The standard InChI is InChI=1S/C13H24N2O4S/c1-14(12-7-3-2-4-8-12)20(18,19)15-9-5-6-11(10-15)13(16)17/h11-12H,2-10H2,1H3,(H,16,17). The maximum absolute atomic E-state index is 12.6. The third-order valence-electron chi connectivity index (χ3n) is 4.51. The van der Waals surface area contributed by atoms with E-state index in [-0.39, 0.29) is 12.6 Å². The van der Waals surface area contributed by atoms with Crippen LogP contribution in [0, 0.1) is 5.92 Å². The van der Waals surface area contributed by atoms with E-state index >= 15 is 0 Å². The number of rotatable bonds is 4. The topological polar surface area (TPSA) is 77.9 Å². The number of hydrogen-bond donors (Lipinski definition) is 1. The zero-order valence-corrected chi connectivity index (χ0v) is 12.8. The van der Waals surface area contributed by atoms with Gasteiger partial charge >= 0.3 is 5.97 Å². The highest BCUT2D eigenvalue weighted by Gasteiger charge is 2.37. The van der Waals surface area contributed by atoms with Crippen LogP contribution in [0.5, 0.6) is 0 Å². The molecule has 0 aromatic rings. The zero-order valence-electron chi connectivity index (χ0n) is 12.0. The van der Waals surface area contributed by atoms with E-state index in [1.807, 2.05) is 0 Å². The largest absolute Gasteiger partial charge is 0.481 e. The lowest BCUT2D eigenvalue weighted by Gasteiger charge is -2.37. The summed E-state index contributed by atoms with van der Waals surface area (Å²) in [7, 11) is -1.89. The van der Waals surface area contributed by atoms with Crippen molar-refractivity contribution in [3.63, 3.8) is 0 Å². The molecule has 1 aliphatic carbocycles. The molecule has 0 bridgehead atoms. The van der Waals surface area contributed by atoms with Gasteiger partial charge in [-0.25, -0.2) is 0 Å². The van der Waals surface area contributed by atoms with Crippen molar-refractivity contribution < 1.29 is 18.3 Å². The molecule has 0 radical (unpaired) electrons. The summed E-state index contributed by atoms with van der Waals surface area (Å²) >= 11 is 0. The predicted octanol–water partition coefficient (Wildman–Crippen LogP) is 1.29. The number of hydrogen-bond acceptors (Lipinski definition) is 3. The Labute approximate surface area is 120 Å². The van der Waals surface area contributed by atoms with E-state index in [0.29, 0.717) is 19.4 Å². The van der Waals surface area contributed by atoms with Crippen LogP contribution in [0.4, 0.5) is 0 Å². The molecule has 1 aliphatic heterocycles. The lowest BCUT2D eigenvalue weighted by atomic mass is 9.96. The molecule has 0 spiro atoms. The quantitative estimate of drug-likeness (QED) is 0.849. The van der Waals surface area contributed by atoms with Crippen LogP contribution in [-0.2, 0) is 15.0 Å². The van der Waals surface area contributed by atoms with Gasteiger partial charge in [-0.2, -0.15) is 17.0 Å². The van der Waals surface area contributed by atoms with Crippen LogP contribution in [0.15, 0.2) is 0 Å². The fourth-order valence-corrected chi connectivity index (χ4v) is 4.85. The van der Waals surface area contributed by atoms with Crippen molar-refractivity contribution in [2.75, 3.05) is 20.1 Å². The number of carboxylic acids is 1. The van der Waals surface area contributed by atoms with Gasteiger partial charge in [0, 0.05) is 26.2 Å². The minimum Gasteiger partial charge on any atom is -0.481 e. The van der Waals surface area contributed by atoms with Gasteiger partial charge in [0.1, 0.15) is 0 Å². The van der Waals surface area contributed by atoms with E-state index in [1.54, 1.807) is 7.05 Å². The van der Waals surface area contributed by atoms with Crippen molar-refractivity contribution in [3.8, 4) is 0 Å². The summed E-state index contributed by atoms with van der Waals surface area (Å²) in [5.74, 6) is -1.47. The second-order valence-corrected chi connectivity index (χ2v) is 7.84. The van der Waals surface area contributed by atoms with Crippen molar-refractivity contribution in [2.45, 2.75) is 51.0 Å². The van der Waals surface area contributed by atoms with E-state index in [2.05, 4.69) is 0 Å². The van der Waals surface area contributed by atoms with Crippen LogP contribution in [0.3, 0.4) is 0 Å². The summed E-state index contributed by atoms with van der Waals surface area (Å²) in [4.78, 5) is 11.1.